The number of primary amides is 1. The number of carbonyl (C=O) groups excluding carboxylic acids is 1. The third kappa shape index (κ3) is 1.56. The lowest BCUT2D eigenvalue weighted by molar-refractivity contribution is 0.100. The molecule has 0 saturated heterocycles. The van der Waals surface area contributed by atoms with E-state index in [0.717, 1.165) is 16.9 Å². The largest absolute Gasteiger partial charge is 0.366 e. The Kier molecular flexibility index (Phi) is 2.42. The van der Waals surface area contributed by atoms with Gasteiger partial charge in [-0.1, -0.05) is 0 Å². The second-order valence-electron chi connectivity index (χ2n) is 4.19. The summed E-state index contributed by atoms with van der Waals surface area (Å²) in [4.78, 5) is 15.5. The Labute approximate surface area is 94.1 Å². The Morgan fingerprint density at radius 3 is 2.69 bits per heavy atom. The predicted octanol–water partition coefficient (Wildman–Crippen LogP) is 2.02. The van der Waals surface area contributed by atoms with Crippen LogP contribution in [0.3, 0.4) is 0 Å². The number of fused-ring (bicyclic) bond motifs is 1. The van der Waals surface area contributed by atoms with Gasteiger partial charge in [-0.15, -0.1) is 0 Å². The number of hydrogen-bond acceptors (Lipinski definition) is 2. The minimum atomic E-state index is -0.418. The first-order chi connectivity index (χ1) is 7.50. The van der Waals surface area contributed by atoms with E-state index in [0.29, 0.717) is 11.6 Å². The lowest BCUT2D eigenvalue weighted by Crippen LogP contribution is -2.10. The van der Waals surface area contributed by atoms with Gasteiger partial charge in [-0.2, -0.15) is 0 Å². The normalized spacial score (nSPS) is 11.2. The SMILES string of the molecule is Cc1nc2cc(C(N)=O)ccc2n1C(C)C. The number of amides is 1. The highest BCUT2D eigenvalue weighted by Crippen LogP contribution is 2.21. The second kappa shape index (κ2) is 3.63. The quantitative estimate of drug-likeness (QED) is 0.836. The molecule has 0 aliphatic heterocycles. The van der Waals surface area contributed by atoms with Crippen LogP contribution in [-0.4, -0.2) is 15.5 Å². The van der Waals surface area contributed by atoms with Gasteiger partial charge in [0.2, 0.25) is 5.91 Å². The molecular formula is C12H15N3O. The van der Waals surface area contributed by atoms with Crippen LogP contribution in [0.25, 0.3) is 11.0 Å². The first kappa shape index (κ1) is 10.7. The van der Waals surface area contributed by atoms with Crippen LogP contribution >= 0.6 is 0 Å². The van der Waals surface area contributed by atoms with Crippen molar-refractivity contribution >= 4 is 16.9 Å². The monoisotopic (exact) mass is 217 g/mol. The molecule has 0 unspecified atom stereocenters. The van der Waals surface area contributed by atoms with E-state index >= 15 is 0 Å². The third-order valence-electron chi connectivity index (χ3n) is 2.67. The summed E-state index contributed by atoms with van der Waals surface area (Å²) in [6.45, 7) is 6.18. The molecule has 0 aliphatic carbocycles. The summed E-state index contributed by atoms with van der Waals surface area (Å²) in [6, 6.07) is 5.73. The van der Waals surface area contributed by atoms with Gasteiger partial charge in [0, 0.05) is 11.6 Å². The molecule has 84 valence electrons. The van der Waals surface area contributed by atoms with Gasteiger partial charge >= 0.3 is 0 Å². The zero-order valence-corrected chi connectivity index (χ0v) is 9.69. The van der Waals surface area contributed by atoms with Crippen LogP contribution in [0.5, 0.6) is 0 Å². The lowest BCUT2D eigenvalue weighted by Gasteiger charge is -2.10. The van der Waals surface area contributed by atoms with Crippen molar-refractivity contribution in [3.05, 3.63) is 29.6 Å². The van der Waals surface area contributed by atoms with Crippen LogP contribution in [0.2, 0.25) is 0 Å². The molecule has 4 heteroatoms. The van der Waals surface area contributed by atoms with Crippen molar-refractivity contribution < 1.29 is 4.79 Å². The molecule has 0 aliphatic rings. The molecule has 0 fully saturated rings. The van der Waals surface area contributed by atoms with Crippen LogP contribution < -0.4 is 5.73 Å². The van der Waals surface area contributed by atoms with Crippen molar-refractivity contribution in [2.75, 3.05) is 0 Å². The molecule has 0 atom stereocenters. The summed E-state index contributed by atoms with van der Waals surface area (Å²) in [6.07, 6.45) is 0. The molecule has 4 nitrogen and oxygen atoms in total. The topological polar surface area (TPSA) is 60.9 Å². The van der Waals surface area contributed by atoms with Gasteiger partial charge in [-0.25, -0.2) is 4.98 Å². The number of rotatable bonds is 2. The molecule has 0 radical (unpaired) electrons. The lowest BCUT2D eigenvalue weighted by atomic mass is 10.2. The highest BCUT2D eigenvalue weighted by molar-refractivity contribution is 5.96. The highest BCUT2D eigenvalue weighted by atomic mass is 16.1. The molecule has 0 saturated carbocycles. The Hall–Kier alpha value is -1.84. The first-order valence-corrected chi connectivity index (χ1v) is 5.29. The molecule has 2 aromatic rings. The molecule has 1 amide bonds. The molecule has 2 rings (SSSR count). The van der Waals surface area contributed by atoms with Gasteiger partial charge in [0.25, 0.3) is 0 Å². The molecule has 1 aromatic heterocycles. The number of nitrogens with two attached hydrogens (primary N) is 1. The predicted molar refractivity (Wildman–Crippen MR) is 63.4 cm³/mol. The fourth-order valence-electron chi connectivity index (χ4n) is 2.02. The van der Waals surface area contributed by atoms with E-state index in [2.05, 4.69) is 23.4 Å². The van der Waals surface area contributed by atoms with Gasteiger partial charge in [0.15, 0.2) is 0 Å². The average Bonchev–Trinajstić information content (AvgIpc) is 2.51. The number of carbonyl (C=O) groups is 1. The van der Waals surface area contributed by atoms with E-state index < -0.39 is 5.91 Å². The van der Waals surface area contributed by atoms with Crippen molar-refractivity contribution in [2.24, 2.45) is 5.73 Å². The van der Waals surface area contributed by atoms with E-state index in [-0.39, 0.29) is 0 Å². The molecule has 16 heavy (non-hydrogen) atoms. The molecular weight excluding hydrogens is 202 g/mol. The number of nitrogens with zero attached hydrogens (tertiary/aromatic N) is 2. The van der Waals surface area contributed by atoms with Crippen LogP contribution in [0.1, 0.15) is 36.1 Å². The summed E-state index contributed by atoms with van der Waals surface area (Å²) < 4.78 is 2.14. The van der Waals surface area contributed by atoms with Crippen molar-refractivity contribution in [1.29, 1.82) is 0 Å². The molecule has 1 heterocycles. The van der Waals surface area contributed by atoms with E-state index in [4.69, 9.17) is 5.73 Å². The minimum absolute atomic E-state index is 0.351. The summed E-state index contributed by atoms with van der Waals surface area (Å²) in [7, 11) is 0. The van der Waals surface area contributed by atoms with Gasteiger partial charge < -0.3 is 10.3 Å². The Morgan fingerprint density at radius 1 is 1.44 bits per heavy atom. The number of hydrogen-bond donors (Lipinski definition) is 1. The standard InChI is InChI=1S/C12H15N3O/c1-7(2)15-8(3)14-10-6-9(12(13)16)4-5-11(10)15/h4-7H,1-3H3,(H2,13,16). The summed E-state index contributed by atoms with van der Waals surface area (Å²) in [5, 5.41) is 0. The minimum Gasteiger partial charge on any atom is -0.366 e. The Morgan fingerprint density at radius 2 is 2.12 bits per heavy atom. The Balaban J connectivity index is 2.70. The zero-order chi connectivity index (χ0) is 11.9. The van der Waals surface area contributed by atoms with E-state index in [1.165, 1.54) is 0 Å². The second-order valence-corrected chi connectivity index (χ2v) is 4.19. The maximum Gasteiger partial charge on any atom is 0.248 e. The highest BCUT2D eigenvalue weighted by Gasteiger charge is 2.11. The summed E-state index contributed by atoms with van der Waals surface area (Å²) in [5.41, 5.74) is 7.60. The van der Waals surface area contributed by atoms with Crippen LogP contribution in [-0.2, 0) is 0 Å². The van der Waals surface area contributed by atoms with Gasteiger partial charge in [-0.3, -0.25) is 4.79 Å². The number of aryl methyl sites for hydroxylation is 1. The smallest absolute Gasteiger partial charge is 0.248 e. The van der Waals surface area contributed by atoms with Gasteiger partial charge in [-0.05, 0) is 39.0 Å². The Bertz CT molecular complexity index is 555. The van der Waals surface area contributed by atoms with Crippen LogP contribution in [0.15, 0.2) is 18.2 Å². The third-order valence-corrected chi connectivity index (χ3v) is 2.67. The molecule has 0 spiro atoms. The first-order valence-electron chi connectivity index (χ1n) is 5.29. The molecule has 1 aromatic carbocycles. The van der Waals surface area contributed by atoms with Crippen LogP contribution in [0.4, 0.5) is 0 Å². The average molecular weight is 217 g/mol. The number of imidazole rings is 1. The fourth-order valence-corrected chi connectivity index (χ4v) is 2.02. The zero-order valence-electron chi connectivity index (χ0n) is 9.69. The summed E-state index contributed by atoms with van der Waals surface area (Å²) in [5.74, 6) is 0.533. The van der Waals surface area contributed by atoms with Crippen LogP contribution in [0, 0.1) is 6.92 Å². The van der Waals surface area contributed by atoms with Crippen molar-refractivity contribution in [1.82, 2.24) is 9.55 Å². The van der Waals surface area contributed by atoms with E-state index in [1.54, 1.807) is 12.1 Å². The number of benzene rings is 1. The van der Waals surface area contributed by atoms with Crippen molar-refractivity contribution in [3.8, 4) is 0 Å². The molecule has 2 N–H and O–H groups in total. The maximum atomic E-state index is 11.1. The van der Waals surface area contributed by atoms with Gasteiger partial charge in [0.05, 0.1) is 11.0 Å². The van der Waals surface area contributed by atoms with Crippen molar-refractivity contribution in [2.45, 2.75) is 26.8 Å². The fraction of sp³-hybridized carbons (Fsp3) is 0.333. The maximum absolute atomic E-state index is 11.1. The number of aromatic nitrogens is 2. The van der Waals surface area contributed by atoms with Gasteiger partial charge in [0.1, 0.15) is 5.82 Å². The van der Waals surface area contributed by atoms with Crippen molar-refractivity contribution in [3.63, 3.8) is 0 Å². The van der Waals surface area contributed by atoms with E-state index in [9.17, 15) is 4.79 Å². The molecule has 0 bridgehead atoms. The van der Waals surface area contributed by atoms with E-state index in [1.807, 2.05) is 13.0 Å². The summed E-state index contributed by atoms with van der Waals surface area (Å²) >= 11 is 0.